The minimum atomic E-state index is -3.84. The molecule has 0 bridgehead atoms. The Morgan fingerprint density at radius 2 is 1.80 bits per heavy atom. The molecule has 1 amide bonds. The van der Waals surface area contributed by atoms with Crippen LogP contribution in [0.1, 0.15) is 74.6 Å². The van der Waals surface area contributed by atoms with Gasteiger partial charge in [-0.3, -0.25) is 4.79 Å². The maximum absolute atomic E-state index is 13.5. The Morgan fingerprint density at radius 3 is 2.67 bits per heavy atom. The van der Waals surface area contributed by atoms with E-state index in [2.05, 4.69) is 4.40 Å². The van der Waals surface area contributed by atoms with Gasteiger partial charge >= 0.3 is 0 Å². The molecule has 2 atom stereocenters. The zero-order valence-corrected chi connectivity index (χ0v) is 18.7. The van der Waals surface area contributed by atoms with Crippen molar-refractivity contribution in [2.75, 3.05) is 18.0 Å². The fraction of sp³-hybridized carbons (Fsp3) is 0.636. The molecule has 3 fully saturated rings. The van der Waals surface area contributed by atoms with E-state index in [1.54, 1.807) is 6.07 Å². The minimum absolute atomic E-state index is 0.109. The van der Waals surface area contributed by atoms with Crippen molar-refractivity contribution >= 4 is 39.1 Å². The first-order valence-corrected chi connectivity index (χ1v) is 13.0. The van der Waals surface area contributed by atoms with Crippen molar-refractivity contribution < 1.29 is 13.2 Å². The summed E-state index contributed by atoms with van der Waals surface area (Å²) < 4.78 is 30.0. The van der Waals surface area contributed by atoms with Crippen molar-refractivity contribution in [3.05, 3.63) is 22.7 Å². The first kappa shape index (κ1) is 20.3. The number of benzene rings is 1. The highest BCUT2D eigenvalue weighted by atomic mass is 35.5. The molecule has 3 heterocycles. The van der Waals surface area contributed by atoms with E-state index >= 15 is 0 Å². The van der Waals surface area contributed by atoms with Gasteiger partial charge in [-0.05, 0) is 56.6 Å². The van der Waals surface area contributed by atoms with Crippen molar-refractivity contribution in [3.8, 4) is 0 Å². The summed E-state index contributed by atoms with van der Waals surface area (Å²) in [5, 5.41) is 0.331. The highest BCUT2D eigenvalue weighted by Crippen LogP contribution is 2.40. The van der Waals surface area contributed by atoms with E-state index in [-0.39, 0.29) is 16.8 Å². The Bertz CT molecular complexity index is 1010. The number of amidine groups is 1. The lowest BCUT2D eigenvalue weighted by Crippen LogP contribution is -2.49. The number of carbonyl (C=O) groups is 1. The van der Waals surface area contributed by atoms with Crippen molar-refractivity contribution in [1.29, 1.82) is 0 Å². The fourth-order valence-corrected chi connectivity index (χ4v) is 7.20. The lowest BCUT2D eigenvalue weighted by atomic mass is 9.78. The average Bonchev–Trinajstić information content (AvgIpc) is 2.97. The second-order valence-electron chi connectivity index (χ2n) is 9.00. The average molecular weight is 450 g/mol. The van der Waals surface area contributed by atoms with Gasteiger partial charge in [-0.2, -0.15) is 8.42 Å². The largest absolute Gasteiger partial charge is 0.335 e. The molecule has 1 aromatic rings. The van der Waals surface area contributed by atoms with Crippen LogP contribution in [-0.2, 0) is 10.0 Å². The molecule has 5 rings (SSSR count). The summed E-state index contributed by atoms with van der Waals surface area (Å²) in [6.45, 7) is 1.44. The van der Waals surface area contributed by atoms with E-state index in [9.17, 15) is 13.2 Å². The van der Waals surface area contributed by atoms with Crippen LogP contribution in [0.15, 0.2) is 21.4 Å². The number of nitrogens with zero attached hydrogens (tertiary/aromatic N) is 3. The van der Waals surface area contributed by atoms with Gasteiger partial charge in [0.25, 0.3) is 15.9 Å². The quantitative estimate of drug-likeness (QED) is 0.627. The number of carbonyl (C=O) groups excluding carboxylic acids is 1. The molecule has 30 heavy (non-hydrogen) atoms. The topological polar surface area (TPSA) is 70.0 Å². The summed E-state index contributed by atoms with van der Waals surface area (Å²) in [5.41, 5.74) is 0.858. The van der Waals surface area contributed by atoms with Crippen molar-refractivity contribution in [2.24, 2.45) is 10.3 Å². The predicted octanol–water partition coefficient (Wildman–Crippen LogP) is 4.62. The predicted molar refractivity (Wildman–Crippen MR) is 118 cm³/mol. The van der Waals surface area contributed by atoms with Gasteiger partial charge in [0.05, 0.1) is 16.3 Å². The van der Waals surface area contributed by atoms with Crippen LogP contribution in [0.5, 0.6) is 0 Å². The van der Waals surface area contributed by atoms with Gasteiger partial charge in [-0.25, -0.2) is 0 Å². The molecule has 2 saturated heterocycles. The number of rotatable bonds is 1. The standard InChI is InChI=1S/C22H28ClN3O3S/c23-17-14-19-20(30(28,29)24-21-10-2-1-5-11-25(19)21)13-16(17)22(27)26-12-6-8-15-7-3-4-9-18(15)26/h13-15,18H,1-12H2. The molecule has 3 aliphatic heterocycles. The van der Waals surface area contributed by atoms with Gasteiger partial charge in [0, 0.05) is 25.6 Å². The molecule has 1 saturated carbocycles. The smallest absolute Gasteiger partial charge is 0.286 e. The van der Waals surface area contributed by atoms with Crippen LogP contribution in [0.25, 0.3) is 0 Å². The summed E-state index contributed by atoms with van der Waals surface area (Å²) in [7, 11) is -3.84. The van der Waals surface area contributed by atoms with Gasteiger partial charge < -0.3 is 9.80 Å². The van der Waals surface area contributed by atoms with E-state index in [1.165, 1.54) is 25.3 Å². The van der Waals surface area contributed by atoms with E-state index < -0.39 is 10.0 Å². The Morgan fingerprint density at radius 1 is 1.00 bits per heavy atom. The van der Waals surface area contributed by atoms with Crippen LogP contribution < -0.4 is 4.90 Å². The van der Waals surface area contributed by atoms with Gasteiger partial charge in [0.1, 0.15) is 10.7 Å². The molecule has 0 spiro atoms. The lowest BCUT2D eigenvalue weighted by molar-refractivity contribution is 0.0390. The number of halogens is 1. The molecule has 6 nitrogen and oxygen atoms in total. The van der Waals surface area contributed by atoms with Crippen molar-refractivity contribution in [2.45, 2.75) is 75.1 Å². The molecular formula is C22H28ClN3O3S. The number of amides is 1. The third-order valence-corrected chi connectivity index (χ3v) is 8.82. The van der Waals surface area contributed by atoms with Crippen LogP contribution in [0.4, 0.5) is 5.69 Å². The third-order valence-electron chi connectivity index (χ3n) is 7.17. The van der Waals surface area contributed by atoms with E-state index in [0.29, 0.717) is 41.0 Å². The summed E-state index contributed by atoms with van der Waals surface area (Å²) in [5.74, 6) is 1.01. The molecular weight excluding hydrogens is 422 g/mol. The van der Waals surface area contributed by atoms with Crippen LogP contribution >= 0.6 is 11.6 Å². The summed E-state index contributed by atoms with van der Waals surface area (Å²) in [6.07, 6.45) is 10.4. The molecule has 0 aromatic heterocycles. The van der Waals surface area contributed by atoms with Crippen LogP contribution in [-0.4, -0.2) is 44.2 Å². The number of hydrogen-bond donors (Lipinski definition) is 0. The number of sulfonamides is 1. The molecule has 1 aliphatic carbocycles. The number of anilines is 1. The zero-order valence-electron chi connectivity index (χ0n) is 17.1. The molecule has 4 aliphatic rings. The second kappa shape index (κ2) is 7.83. The maximum atomic E-state index is 13.5. The SMILES string of the molecule is O=C(c1cc2c(cc1Cl)N1CCCCCC1=NS2(=O)=O)N1CCCC2CCCCC21. The summed E-state index contributed by atoms with van der Waals surface area (Å²) in [6, 6.07) is 3.40. The Labute approximate surface area is 183 Å². The molecule has 2 unspecified atom stereocenters. The highest BCUT2D eigenvalue weighted by molar-refractivity contribution is 7.90. The first-order chi connectivity index (χ1) is 14.5. The van der Waals surface area contributed by atoms with Gasteiger partial charge in [-0.1, -0.05) is 30.9 Å². The van der Waals surface area contributed by atoms with E-state index in [4.69, 9.17) is 11.6 Å². The number of fused-ring (bicyclic) bond motifs is 4. The van der Waals surface area contributed by atoms with Crippen LogP contribution in [0.3, 0.4) is 0 Å². The Kier molecular flexibility index (Phi) is 5.30. The monoisotopic (exact) mass is 449 g/mol. The summed E-state index contributed by atoms with van der Waals surface area (Å²) in [4.78, 5) is 17.5. The minimum Gasteiger partial charge on any atom is -0.335 e. The number of likely N-dealkylation sites (tertiary alicyclic amines) is 1. The van der Waals surface area contributed by atoms with E-state index in [1.807, 2.05) is 9.80 Å². The molecule has 1 aromatic carbocycles. The molecule has 0 N–H and O–H groups in total. The number of piperidine rings is 1. The van der Waals surface area contributed by atoms with Gasteiger partial charge in [-0.15, -0.1) is 4.40 Å². The van der Waals surface area contributed by atoms with Gasteiger partial charge in [0.15, 0.2) is 0 Å². The second-order valence-corrected chi connectivity index (χ2v) is 11.0. The first-order valence-electron chi connectivity index (χ1n) is 11.2. The van der Waals surface area contributed by atoms with Crippen LogP contribution in [0.2, 0.25) is 5.02 Å². The van der Waals surface area contributed by atoms with Crippen molar-refractivity contribution in [1.82, 2.24) is 4.90 Å². The van der Waals surface area contributed by atoms with Gasteiger partial charge in [0.2, 0.25) is 0 Å². The fourth-order valence-electron chi connectivity index (χ4n) is 5.69. The zero-order chi connectivity index (χ0) is 20.9. The van der Waals surface area contributed by atoms with Crippen molar-refractivity contribution in [3.63, 3.8) is 0 Å². The molecule has 0 radical (unpaired) electrons. The summed E-state index contributed by atoms with van der Waals surface area (Å²) >= 11 is 6.61. The van der Waals surface area contributed by atoms with E-state index in [0.717, 1.165) is 45.1 Å². The Hall–Kier alpha value is -1.60. The number of hydrogen-bond acceptors (Lipinski definition) is 4. The van der Waals surface area contributed by atoms with Crippen LogP contribution in [0, 0.1) is 5.92 Å². The third kappa shape index (κ3) is 3.44. The lowest BCUT2D eigenvalue weighted by Gasteiger charge is -2.44. The highest BCUT2D eigenvalue weighted by Gasteiger charge is 2.38. The Balaban J connectivity index is 1.54. The normalized spacial score (nSPS) is 28.0. The molecule has 162 valence electrons. The maximum Gasteiger partial charge on any atom is 0.286 e. The molecule has 8 heteroatoms.